The molecule has 0 amide bonds. The first-order valence-electron chi connectivity index (χ1n) is 7.71. The molecule has 0 heterocycles. The predicted molar refractivity (Wildman–Crippen MR) is 84.8 cm³/mol. The maximum absolute atomic E-state index is 10.5. The van der Waals surface area contributed by atoms with E-state index in [4.69, 9.17) is 5.11 Å². The molecule has 0 spiro atoms. The zero-order chi connectivity index (χ0) is 15.1. The van der Waals surface area contributed by atoms with Crippen LogP contribution < -0.4 is 0 Å². The van der Waals surface area contributed by atoms with Gasteiger partial charge in [0.25, 0.3) is 0 Å². The van der Waals surface area contributed by atoms with E-state index in [-0.39, 0.29) is 6.61 Å². The van der Waals surface area contributed by atoms with Gasteiger partial charge in [-0.3, -0.25) is 4.90 Å². The van der Waals surface area contributed by atoms with Gasteiger partial charge >= 0.3 is 0 Å². The average Bonchev–Trinajstić information content (AvgIpc) is 2.87. The summed E-state index contributed by atoms with van der Waals surface area (Å²) in [5.41, 5.74) is 1.68. The van der Waals surface area contributed by atoms with E-state index in [1.165, 1.54) is 5.56 Å². The van der Waals surface area contributed by atoms with Crippen LogP contribution in [0.25, 0.3) is 0 Å². The molecule has 3 heteroatoms. The molecule has 1 aromatic carbocycles. The van der Waals surface area contributed by atoms with Crippen LogP contribution in [0.3, 0.4) is 0 Å². The first kappa shape index (κ1) is 16.0. The van der Waals surface area contributed by atoms with Crippen molar-refractivity contribution < 1.29 is 10.2 Å². The summed E-state index contributed by atoms with van der Waals surface area (Å²) in [5.74, 6) is 6.10. The highest BCUT2D eigenvalue weighted by atomic mass is 16.3. The summed E-state index contributed by atoms with van der Waals surface area (Å²) in [6.45, 7) is 1.60. The first-order chi connectivity index (χ1) is 10.1. The summed E-state index contributed by atoms with van der Waals surface area (Å²) in [4.78, 5) is 2.18. The fourth-order valence-electron chi connectivity index (χ4n) is 3.03. The Balaban J connectivity index is 2.00. The lowest BCUT2D eigenvalue weighted by Gasteiger charge is -2.28. The Labute approximate surface area is 127 Å². The first-order valence-corrected chi connectivity index (χ1v) is 7.71. The molecule has 114 valence electrons. The summed E-state index contributed by atoms with van der Waals surface area (Å²) in [6.07, 6.45) is 4.59. The van der Waals surface area contributed by atoms with Crippen molar-refractivity contribution in [2.75, 3.05) is 20.2 Å². The monoisotopic (exact) mass is 287 g/mol. The molecule has 0 atom stereocenters. The normalized spacial score (nSPS) is 16.8. The van der Waals surface area contributed by atoms with Crippen LogP contribution in [0.1, 0.15) is 43.2 Å². The molecule has 0 bridgehead atoms. The molecule has 3 nitrogen and oxygen atoms in total. The lowest BCUT2D eigenvalue weighted by molar-refractivity contribution is 0.0145. The number of likely N-dealkylation sites (N-methyl/N-ethyl adjacent to an activating group) is 1. The highest BCUT2D eigenvalue weighted by Crippen LogP contribution is 2.30. The van der Waals surface area contributed by atoms with Gasteiger partial charge in [-0.25, -0.2) is 0 Å². The van der Waals surface area contributed by atoms with Crippen LogP contribution in [-0.2, 0) is 6.54 Å². The summed E-state index contributed by atoms with van der Waals surface area (Å²) >= 11 is 0. The highest BCUT2D eigenvalue weighted by Gasteiger charge is 2.32. The third-order valence-electron chi connectivity index (χ3n) is 4.02. The maximum atomic E-state index is 10.5. The number of nitrogens with zero attached hydrogens (tertiary/aromatic N) is 1. The summed E-state index contributed by atoms with van der Waals surface area (Å²) in [6, 6.07) is 8.09. The van der Waals surface area contributed by atoms with Crippen molar-refractivity contribution >= 4 is 0 Å². The molecule has 1 saturated carbocycles. The fourth-order valence-corrected chi connectivity index (χ4v) is 3.03. The summed E-state index contributed by atoms with van der Waals surface area (Å²) < 4.78 is 0. The minimum Gasteiger partial charge on any atom is -0.395 e. The molecule has 0 unspecified atom stereocenters. The van der Waals surface area contributed by atoms with Crippen LogP contribution in [0, 0.1) is 11.8 Å². The van der Waals surface area contributed by atoms with E-state index in [2.05, 4.69) is 22.8 Å². The van der Waals surface area contributed by atoms with Crippen LogP contribution in [0.15, 0.2) is 24.3 Å². The van der Waals surface area contributed by atoms with Crippen LogP contribution in [0.4, 0.5) is 0 Å². The zero-order valence-electron chi connectivity index (χ0n) is 12.8. The number of hydrogen-bond acceptors (Lipinski definition) is 3. The Kier molecular flexibility index (Phi) is 5.81. The van der Waals surface area contributed by atoms with Crippen LogP contribution in [0.2, 0.25) is 0 Å². The SMILES string of the molecule is CN(Cc1ccccc1C#CCCO)CC1(O)CCCC1. The molecule has 2 N–H and O–H groups in total. The van der Waals surface area contributed by atoms with Gasteiger partial charge < -0.3 is 10.2 Å². The molecular formula is C18H25NO2. The zero-order valence-corrected chi connectivity index (χ0v) is 12.8. The van der Waals surface area contributed by atoms with Crippen LogP contribution in [-0.4, -0.2) is 40.9 Å². The average molecular weight is 287 g/mol. The molecule has 2 rings (SSSR count). The number of benzene rings is 1. The lowest BCUT2D eigenvalue weighted by Crippen LogP contribution is -2.38. The quantitative estimate of drug-likeness (QED) is 0.816. The van der Waals surface area contributed by atoms with Crippen molar-refractivity contribution in [2.24, 2.45) is 0 Å². The fraction of sp³-hybridized carbons (Fsp3) is 0.556. The second-order valence-electron chi connectivity index (χ2n) is 6.04. The highest BCUT2D eigenvalue weighted by molar-refractivity contribution is 5.41. The molecule has 0 aliphatic heterocycles. The minimum atomic E-state index is -0.508. The van der Waals surface area contributed by atoms with Gasteiger partial charge in [0.2, 0.25) is 0 Å². The Morgan fingerprint density at radius 2 is 1.95 bits per heavy atom. The standard InChI is InChI=1S/C18H25NO2/c1-19(15-18(21)11-5-6-12-18)14-17-10-3-2-8-16(17)9-4-7-13-20/h2-3,8,10,20-21H,5-7,11-15H2,1H3. The molecule has 0 saturated heterocycles. The van der Waals surface area contributed by atoms with Crippen molar-refractivity contribution in [2.45, 2.75) is 44.2 Å². The second-order valence-corrected chi connectivity index (χ2v) is 6.04. The van der Waals surface area contributed by atoms with Crippen LogP contribution in [0.5, 0.6) is 0 Å². The number of hydrogen-bond donors (Lipinski definition) is 2. The molecular weight excluding hydrogens is 262 g/mol. The molecule has 1 aliphatic carbocycles. The number of rotatable bonds is 5. The van der Waals surface area contributed by atoms with Crippen molar-refractivity contribution in [3.05, 3.63) is 35.4 Å². The van der Waals surface area contributed by atoms with Crippen molar-refractivity contribution in [3.63, 3.8) is 0 Å². The predicted octanol–water partition coefficient (Wildman–Crippen LogP) is 2.16. The van der Waals surface area contributed by atoms with Crippen molar-refractivity contribution in [3.8, 4) is 11.8 Å². The minimum absolute atomic E-state index is 0.0993. The van der Waals surface area contributed by atoms with E-state index in [1.807, 2.05) is 25.2 Å². The molecule has 1 fully saturated rings. The number of aliphatic hydroxyl groups is 2. The molecule has 0 radical (unpaired) electrons. The van der Waals surface area contributed by atoms with Crippen molar-refractivity contribution in [1.82, 2.24) is 4.90 Å². The van der Waals surface area contributed by atoms with E-state index in [0.717, 1.165) is 37.8 Å². The molecule has 21 heavy (non-hydrogen) atoms. The van der Waals surface area contributed by atoms with Gasteiger partial charge in [-0.05, 0) is 31.5 Å². The van der Waals surface area contributed by atoms with E-state index in [0.29, 0.717) is 13.0 Å². The van der Waals surface area contributed by atoms with Crippen molar-refractivity contribution in [1.29, 1.82) is 0 Å². The third kappa shape index (κ3) is 4.86. The Morgan fingerprint density at radius 3 is 2.67 bits per heavy atom. The molecule has 1 aromatic rings. The van der Waals surface area contributed by atoms with Crippen LogP contribution >= 0.6 is 0 Å². The van der Waals surface area contributed by atoms with Gasteiger partial charge in [0.15, 0.2) is 0 Å². The summed E-state index contributed by atoms with van der Waals surface area (Å²) in [5, 5.41) is 19.3. The van der Waals surface area contributed by atoms with Gasteiger partial charge in [-0.1, -0.05) is 42.9 Å². The van der Waals surface area contributed by atoms with Gasteiger partial charge in [-0.15, -0.1) is 0 Å². The van der Waals surface area contributed by atoms with E-state index < -0.39 is 5.60 Å². The maximum Gasteiger partial charge on any atom is 0.0774 e. The van der Waals surface area contributed by atoms with Gasteiger partial charge in [0, 0.05) is 25.1 Å². The Bertz CT molecular complexity index is 509. The second kappa shape index (κ2) is 7.61. The Morgan fingerprint density at radius 1 is 1.24 bits per heavy atom. The number of aliphatic hydroxyl groups excluding tert-OH is 1. The Hall–Kier alpha value is -1.34. The topological polar surface area (TPSA) is 43.7 Å². The van der Waals surface area contributed by atoms with E-state index >= 15 is 0 Å². The third-order valence-corrected chi connectivity index (χ3v) is 4.02. The molecule has 0 aromatic heterocycles. The van der Waals surface area contributed by atoms with E-state index in [9.17, 15) is 5.11 Å². The van der Waals surface area contributed by atoms with Gasteiger partial charge in [0.05, 0.1) is 12.2 Å². The lowest BCUT2D eigenvalue weighted by atomic mass is 10.0. The summed E-state index contributed by atoms with van der Waals surface area (Å²) in [7, 11) is 2.05. The van der Waals surface area contributed by atoms with E-state index in [1.54, 1.807) is 0 Å². The van der Waals surface area contributed by atoms with Gasteiger partial charge in [-0.2, -0.15) is 0 Å². The molecule has 1 aliphatic rings. The van der Waals surface area contributed by atoms with Gasteiger partial charge in [0.1, 0.15) is 0 Å². The largest absolute Gasteiger partial charge is 0.395 e. The smallest absolute Gasteiger partial charge is 0.0774 e.